The molecule has 2 N–H and O–H groups in total. The summed E-state index contributed by atoms with van der Waals surface area (Å²) in [6, 6.07) is 24.7. The summed E-state index contributed by atoms with van der Waals surface area (Å²) in [4.78, 5) is 12.9. The Morgan fingerprint density at radius 2 is 0.875 bits per heavy atom. The zero-order valence-electron chi connectivity index (χ0n) is 28.7. The van der Waals surface area contributed by atoms with E-state index in [0.29, 0.717) is 21.1 Å². The molecule has 6 rings (SSSR count). The smallest absolute Gasteiger partial charge is 0.143 e. The first-order chi connectivity index (χ1) is 22.1. The van der Waals surface area contributed by atoms with Gasteiger partial charge in [-0.1, -0.05) is 121 Å². The highest BCUT2D eigenvalue weighted by Gasteiger charge is 2.16. The van der Waals surface area contributed by atoms with E-state index in [1.807, 2.05) is 30.3 Å². The minimum absolute atomic E-state index is 0.127. The Morgan fingerprint density at radius 3 is 1.38 bits per heavy atom. The predicted molar refractivity (Wildman–Crippen MR) is 216 cm³/mol. The maximum absolute atomic E-state index is 6.00. The van der Waals surface area contributed by atoms with Crippen LogP contribution in [0.1, 0.15) is 79.0 Å². The lowest BCUT2D eigenvalue weighted by Gasteiger charge is -2.19. The van der Waals surface area contributed by atoms with Gasteiger partial charge in [0, 0.05) is 16.2 Å². The highest BCUT2D eigenvalue weighted by molar-refractivity contribution is 9.10. The van der Waals surface area contributed by atoms with Crippen LogP contribution >= 0.6 is 66.7 Å². The molecule has 48 heavy (non-hydrogen) atoms. The molecule has 0 unspecified atom stereocenters. The third kappa shape index (κ3) is 9.60. The number of halogens is 5. The number of anilines is 1. The minimum atomic E-state index is 0.127. The number of hydrogen-bond donors (Lipinski definition) is 1. The van der Waals surface area contributed by atoms with Gasteiger partial charge in [0.1, 0.15) is 16.1 Å². The zero-order chi connectivity index (χ0) is 35.8. The molecule has 3 heterocycles. The average Bonchev–Trinajstić information content (AvgIpc) is 2.97. The summed E-state index contributed by atoms with van der Waals surface area (Å²) in [5, 5.41) is 4.78. The van der Waals surface area contributed by atoms with Crippen molar-refractivity contribution in [2.75, 3.05) is 5.73 Å². The number of nitrogens with zero attached hydrogens (tertiary/aromatic N) is 3. The van der Waals surface area contributed by atoms with Crippen molar-refractivity contribution in [2.45, 2.75) is 78.6 Å². The summed E-state index contributed by atoms with van der Waals surface area (Å²) in [6.45, 7) is 19.7. The second kappa shape index (κ2) is 14.8. The van der Waals surface area contributed by atoms with Gasteiger partial charge in [-0.05, 0) is 113 Å². The molecule has 3 aromatic carbocycles. The fourth-order valence-corrected chi connectivity index (χ4v) is 5.93. The fourth-order valence-electron chi connectivity index (χ4n) is 4.81. The standard InChI is InChI=1S/2C13H13BrClN.C13H15ClN2/c1-13(2,3)9-4-5-11-8(6-9)7-10(14)12(15)16-11;1-13(2,3)9-5-4-8-6-10(14)12(15)16-11(8)7-9;1-13(2,3)9-4-5-11-8(6-9)7-10(14)12(15)16-11/h2*4-7H,1-3H3;4-7H,1-3H3,(H2,15,16). The summed E-state index contributed by atoms with van der Waals surface area (Å²) in [5.74, 6) is 0.387. The second-order valence-electron chi connectivity index (χ2n) is 14.8. The molecule has 0 fully saturated rings. The summed E-state index contributed by atoms with van der Waals surface area (Å²) in [6.07, 6.45) is 0. The molecule has 0 radical (unpaired) electrons. The minimum Gasteiger partial charge on any atom is -0.382 e. The number of fused-ring (bicyclic) bond motifs is 3. The van der Waals surface area contributed by atoms with Gasteiger partial charge in [-0.2, -0.15) is 0 Å². The van der Waals surface area contributed by atoms with Crippen LogP contribution in [0.15, 0.2) is 81.7 Å². The quantitative estimate of drug-likeness (QED) is 0.155. The molecule has 0 aliphatic rings. The molecule has 0 amide bonds. The van der Waals surface area contributed by atoms with Gasteiger partial charge >= 0.3 is 0 Å². The van der Waals surface area contributed by atoms with Gasteiger partial charge in [0.25, 0.3) is 0 Å². The Balaban J connectivity index is 0.000000163. The zero-order valence-corrected chi connectivity index (χ0v) is 34.2. The van der Waals surface area contributed by atoms with E-state index >= 15 is 0 Å². The van der Waals surface area contributed by atoms with Crippen LogP contribution in [0, 0.1) is 0 Å². The van der Waals surface area contributed by atoms with Crippen molar-refractivity contribution in [3.8, 4) is 0 Å². The number of nitrogen functional groups attached to an aromatic ring is 1. The van der Waals surface area contributed by atoms with Gasteiger partial charge in [-0.15, -0.1) is 0 Å². The average molecular weight is 832 g/mol. The molecule has 3 aromatic heterocycles. The number of benzene rings is 3. The number of pyridine rings is 3. The molecule has 0 atom stereocenters. The Hall–Kier alpha value is -2.48. The normalized spacial score (nSPS) is 12.0. The van der Waals surface area contributed by atoms with E-state index in [-0.39, 0.29) is 16.2 Å². The van der Waals surface area contributed by atoms with E-state index in [1.54, 1.807) is 0 Å². The van der Waals surface area contributed by atoms with Crippen molar-refractivity contribution >= 4 is 105 Å². The Kier molecular flexibility index (Phi) is 11.8. The van der Waals surface area contributed by atoms with Crippen LogP contribution in [0.3, 0.4) is 0 Å². The Bertz CT molecular complexity index is 1870. The molecular formula is C39H41Br2Cl3N4. The van der Waals surface area contributed by atoms with Crippen LogP contribution < -0.4 is 5.73 Å². The monoisotopic (exact) mass is 828 g/mol. The van der Waals surface area contributed by atoms with Crippen LogP contribution in [-0.2, 0) is 16.2 Å². The first-order valence-electron chi connectivity index (χ1n) is 15.5. The third-order valence-corrected chi connectivity index (χ3v) is 10.4. The Morgan fingerprint density at radius 1 is 0.479 bits per heavy atom. The van der Waals surface area contributed by atoms with E-state index in [1.165, 1.54) is 16.7 Å². The second-order valence-corrected chi connectivity index (χ2v) is 17.7. The van der Waals surface area contributed by atoms with E-state index in [2.05, 4.69) is 152 Å². The van der Waals surface area contributed by atoms with Crippen molar-refractivity contribution < 1.29 is 0 Å². The van der Waals surface area contributed by atoms with Crippen LogP contribution in [0.25, 0.3) is 32.7 Å². The van der Waals surface area contributed by atoms with Crippen molar-refractivity contribution in [1.82, 2.24) is 15.0 Å². The summed E-state index contributed by atoms with van der Waals surface area (Å²) >= 11 is 24.7. The molecule has 4 nitrogen and oxygen atoms in total. The van der Waals surface area contributed by atoms with E-state index in [9.17, 15) is 0 Å². The highest BCUT2D eigenvalue weighted by Crippen LogP contribution is 2.32. The molecule has 0 aliphatic carbocycles. The first-order valence-corrected chi connectivity index (χ1v) is 18.2. The topological polar surface area (TPSA) is 64.7 Å². The molecule has 0 aliphatic heterocycles. The van der Waals surface area contributed by atoms with Crippen LogP contribution in [0.2, 0.25) is 15.3 Å². The lowest BCUT2D eigenvalue weighted by molar-refractivity contribution is 0.590. The molecule has 0 saturated carbocycles. The molecule has 9 heteroatoms. The van der Waals surface area contributed by atoms with Gasteiger partial charge in [-0.25, -0.2) is 15.0 Å². The largest absolute Gasteiger partial charge is 0.382 e. The molecule has 6 aromatic rings. The summed E-state index contributed by atoms with van der Waals surface area (Å²) < 4.78 is 1.68. The summed E-state index contributed by atoms with van der Waals surface area (Å²) in [7, 11) is 0. The van der Waals surface area contributed by atoms with Gasteiger partial charge in [-0.3, -0.25) is 0 Å². The number of nitrogens with two attached hydrogens (primary N) is 1. The maximum Gasteiger partial charge on any atom is 0.143 e. The fraction of sp³-hybridized carbons (Fsp3) is 0.308. The van der Waals surface area contributed by atoms with Crippen molar-refractivity contribution in [1.29, 1.82) is 0 Å². The summed E-state index contributed by atoms with van der Waals surface area (Å²) in [5.41, 5.74) is 12.7. The number of hydrogen-bond acceptors (Lipinski definition) is 4. The molecule has 252 valence electrons. The molecular weight excluding hydrogens is 791 g/mol. The van der Waals surface area contributed by atoms with Crippen LogP contribution in [-0.4, -0.2) is 15.0 Å². The highest BCUT2D eigenvalue weighted by atomic mass is 79.9. The van der Waals surface area contributed by atoms with Crippen molar-refractivity contribution in [3.63, 3.8) is 0 Å². The van der Waals surface area contributed by atoms with Crippen molar-refractivity contribution in [3.05, 3.63) is 114 Å². The van der Waals surface area contributed by atoms with E-state index in [0.717, 1.165) is 41.7 Å². The SMILES string of the molecule is CC(C)(C)c1ccc2cc(Br)c(Cl)nc2c1.CC(C)(C)c1ccc2nc(Cl)c(Br)cc2c1.CC(C)(C)c1ccc2nc(N)c(Cl)cc2c1. The Labute approximate surface area is 316 Å². The lowest BCUT2D eigenvalue weighted by atomic mass is 9.86. The maximum atomic E-state index is 6.00. The first kappa shape index (κ1) is 38.3. The third-order valence-electron chi connectivity index (χ3n) is 7.85. The van der Waals surface area contributed by atoms with Gasteiger partial charge < -0.3 is 5.73 Å². The number of rotatable bonds is 0. The predicted octanol–water partition coefficient (Wildman–Crippen LogP) is 13.7. The van der Waals surface area contributed by atoms with E-state index < -0.39 is 0 Å². The van der Waals surface area contributed by atoms with Gasteiger partial charge in [0.2, 0.25) is 0 Å². The lowest BCUT2D eigenvalue weighted by Crippen LogP contribution is -2.10. The van der Waals surface area contributed by atoms with Crippen LogP contribution in [0.4, 0.5) is 5.82 Å². The van der Waals surface area contributed by atoms with Crippen molar-refractivity contribution in [2.24, 2.45) is 0 Å². The molecule has 0 saturated heterocycles. The van der Waals surface area contributed by atoms with Crippen LogP contribution in [0.5, 0.6) is 0 Å². The van der Waals surface area contributed by atoms with Gasteiger partial charge in [0.05, 0.1) is 30.5 Å². The molecule has 0 bridgehead atoms. The van der Waals surface area contributed by atoms with E-state index in [4.69, 9.17) is 40.5 Å². The molecule has 0 spiro atoms. The number of aromatic nitrogens is 3. The van der Waals surface area contributed by atoms with Gasteiger partial charge in [0.15, 0.2) is 0 Å².